The molecule has 0 N–H and O–H groups in total. The van der Waals surface area contributed by atoms with E-state index in [1.165, 1.54) is 0 Å². The van der Waals surface area contributed by atoms with Gasteiger partial charge in [0.2, 0.25) is 0 Å². The first kappa shape index (κ1) is 13.5. The molecule has 0 aromatic heterocycles. The molecule has 0 atom stereocenters. The topological polar surface area (TPSA) is 0 Å². The second-order valence-corrected chi connectivity index (χ2v) is 5.74. The Bertz CT molecular complexity index is 570. The van der Waals surface area contributed by atoms with E-state index in [4.69, 9.17) is 11.6 Å². The van der Waals surface area contributed by atoms with Gasteiger partial charge in [-0.1, -0.05) is 29.8 Å². The van der Waals surface area contributed by atoms with Gasteiger partial charge < -0.3 is 0 Å². The van der Waals surface area contributed by atoms with Crippen molar-refractivity contribution in [3.63, 3.8) is 0 Å². The van der Waals surface area contributed by atoms with E-state index in [-0.39, 0.29) is 10.3 Å². The molecular weight excluding hydrogens is 317 g/mol. The van der Waals surface area contributed by atoms with E-state index in [0.717, 1.165) is 5.69 Å². The summed E-state index contributed by atoms with van der Waals surface area (Å²) >= 11 is 9.36. The Kier molecular flexibility index (Phi) is 3.76. The van der Waals surface area contributed by atoms with Gasteiger partial charge in [0.25, 0.3) is 0 Å². The van der Waals surface area contributed by atoms with Gasteiger partial charge in [-0.3, -0.25) is 4.48 Å². The Hall–Kier alpha value is -0.900. The Labute approximate surface area is 120 Å². The first-order valence-corrected chi connectivity index (χ1v) is 6.65. The summed E-state index contributed by atoms with van der Waals surface area (Å²) in [4.78, 5) is 0. The van der Waals surface area contributed by atoms with Crippen LogP contribution in [0.15, 0.2) is 46.9 Å². The highest BCUT2D eigenvalue weighted by Gasteiger charge is 2.30. The summed E-state index contributed by atoms with van der Waals surface area (Å²) in [6.07, 6.45) is 0. The second kappa shape index (κ2) is 5.00. The monoisotopic (exact) mass is 328 g/mol. The van der Waals surface area contributed by atoms with Crippen LogP contribution < -0.4 is 4.48 Å². The lowest BCUT2D eigenvalue weighted by Crippen LogP contribution is -2.35. The van der Waals surface area contributed by atoms with Crippen LogP contribution in [0.5, 0.6) is 0 Å². The number of rotatable bonds is 2. The molecule has 0 saturated carbocycles. The minimum atomic E-state index is -0.323. The molecule has 0 fully saturated rings. The van der Waals surface area contributed by atoms with Gasteiger partial charge in [-0.25, -0.2) is 0 Å². The van der Waals surface area contributed by atoms with Crippen LogP contribution in [0.25, 0.3) is 0 Å². The maximum absolute atomic E-state index is 14.3. The van der Waals surface area contributed by atoms with Gasteiger partial charge in [0.15, 0.2) is 11.5 Å². The molecule has 0 aliphatic heterocycles. The van der Waals surface area contributed by atoms with E-state index >= 15 is 0 Å². The van der Waals surface area contributed by atoms with E-state index < -0.39 is 0 Å². The van der Waals surface area contributed by atoms with Crippen molar-refractivity contribution in [3.05, 3.63) is 57.8 Å². The van der Waals surface area contributed by atoms with Crippen LogP contribution in [0.1, 0.15) is 0 Å². The first-order chi connectivity index (χ1) is 8.44. The fourth-order valence-corrected chi connectivity index (χ4v) is 2.64. The summed E-state index contributed by atoms with van der Waals surface area (Å²) in [5.74, 6) is -0.323. The van der Waals surface area contributed by atoms with Gasteiger partial charge in [0.1, 0.15) is 10.7 Å². The van der Waals surface area contributed by atoms with E-state index in [1.54, 1.807) is 12.1 Å². The van der Waals surface area contributed by atoms with Gasteiger partial charge in [-0.2, -0.15) is 4.39 Å². The molecule has 0 bridgehead atoms. The van der Waals surface area contributed by atoms with Crippen molar-refractivity contribution in [1.29, 1.82) is 0 Å². The first-order valence-electron chi connectivity index (χ1n) is 5.48. The van der Waals surface area contributed by atoms with Crippen molar-refractivity contribution in [2.45, 2.75) is 0 Å². The van der Waals surface area contributed by atoms with Crippen LogP contribution in [0.4, 0.5) is 15.8 Å². The van der Waals surface area contributed by atoms with Crippen molar-refractivity contribution < 1.29 is 4.39 Å². The quantitative estimate of drug-likeness (QED) is 0.528. The van der Waals surface area contributed by atoms with Crippen LogP contribution in [0.3, 0.4) is 0 Å². The largest absolute Gasteiger partial charge is 0.260 e. The molecule has 94 valence electrons. The molecule has 2 aromatic carbocycles. The van der Waals surface area contributed by atoms with Gasteiger partial charge in [-0.15, -0.1) is 0 Å². The summed E-state index contributed by atoms with van der Waals surface area (Å²) < 4.78 is 15.0. The molecular formula is C14H13BrClFN+. The molecule has 2 rings (SSSR count). The van der Waals surface area contributed by atoms with Crippen molar-refractivity contribution in [2.24, 2.45) is 0 Å². The molecule has 2 aromatic rings. The van der Waals surface area contributed by atoms with E-state index in [2.05, 4.69) is 15.9 Å². The highest BCUT2D eigenvalue weighted by atomic mass is 79.9. The molecule has 0 saturated heterocycles. The van der Waals surface area contributed by atoms with Crippen LogP contribution in [0, 0.1) is 5.82 Å². The number of halogens is 3. The van der Waals surface area contributed by atoms with Gasteiger partial charge in [0, 0.05) is 0 Å². The number of quaternary nitrogens is 1. The third-order valence-electron chi connectivity index (χ3n) is 2.98. The van der Waals surface area contributed by atoms with Crippen molar-refractivity contribution in [2.75, 3.05) is 14.1 Å². The summed E-state index contributed by atoms with van der Waals surface area (Å²) in [5, 5.41) is 0.421. The number of hydrogen-bond acceptors (Lipinski definition) is 0. The minimum Gasteiger partial charge on any atom is -0.260 e. The highest BCUT2D eigenvalue weighted by molar-refractivity contribution is 9.10. The average Bonchev–Trinajstić information content (AvgIpc) is 2.35. The Balaban J connectivity index is 2.65. The third kappa shape index (κ3) is 2.30. The maximum atomic E-state index is 14.3. The lowest BCUT2D eigenvalue weighted by molar-refractivity contribution is 0.508. The molecule has 0 heterocycles. The Morgan fingerprint density at radius 2 is 1.67 bits per heavy atom. The van der Waals surface area contributed by atoms with Crippen LogP contribution in [0.2, 0.25) is 5.02 Å². The second-order valence-electron chi connectivity index (χ2n) is 4.48. The average molecular weight is 330 g/mol. The molecule has 1 nitrogen and oxygen atoms in total. The van der Waals surface area contributed by atoms with Crippen molar-refractivity contribution >= 4 is 38.9 Å². The molecule has 0 unspecified atom stereocenters. The molecule has 0 aliphatic rings. The zero-order valence-electron chi connectivity index (χ0n) is 10.1. The van der Waals surface area contributed by atoms with E-state index in [9.17, 15) is 4.39 Å². The summed E-state index contributed by atoms with van der Waals surface area (Å²) in [5.41, 5.74) is 1.42. The van der Waals surface area contributed by atoms with Crippen LogP contribution in [-0.2, 0) is 0 Å². The predicted molar refractivity (Wildman–Crippen MR) is 78.9 cm³/mol. The minimum absolute atomic E-state index is 0.255. The smallest absolute Gasteiger partial charge is 0.199 e. The zero-order valence-corrected chi connectivity index (χ0v) is 12.5. The Morgan fingerprint density at radius 1 is 1.06 bits per heavy atom. The van der Waals surface area contributed by atoms with E-state index in [1.807, 2.05) is 44.4 Å². The number of nitrogens with zero attached hydrogens (tertiary/aromatic N) is 1. The normalized spacial score (nSPS) is 11.6. The SMILES string of the molecule is C[N+](C)(c1ccccc1)c1c(Cl)ccc(Br)c1F. The summed E-state index contributed by atoms with van der Waals surface area (Å²) in [6, 6.07) is 13.0. The molecule has 4 heteroatoms. The third-order valence-corrected chi connectivity index (χ3v) is 3.90. The number of benzene rings is 2. The van der Waals surface area contributed by atoms with Gasteiger partial charge in [0.05, 0.1) is 18.6 Å². The molecule has 18 heavy (non-hydrogen) atoms. The zero-order chi connectivity index (χ0) is 13.3. The van der Waals surface area contributed by atoms with Crippen LogP contribution in [-0.4, -0.2) is 14.1 Å². The predicted octanol–water partition coefficient (Wildman–Crippen LogP) is 5.14. The lowest BCUT2D eigenvalue weighted by Gasteiger charge is -2.30. The highest BCUT2D eigenvalue weighted by Crippen LogP contribution is 2.40. The van der Waals surface area contributed by atoms with E-state index in [0.29, 0.717) is 15.2 Å². The summed E-state index contributed by atoms with van der Waals surface area (Å²) in [7, 11) is 3.82. The molecule has 0 amide bonds. The van der Waals surface area contributed by atoms with Crippen molar-refractivity contribution in [1.82, 2.24) is 4.48 Å². The fraction of sp³-hybridized carbons (Fsp3) is 0.143. The lowest BCUT2D eigenvalue weighted by atomic mass is 10.2. The van der Waals surface area contributed by atoms with Crippen molar-refractivity contribution in [3.8, 4) is 0 Å². The maximum Gasteiger partial charge on any atom is 0.199 e. The summed E-state index contributed by atoms with van der Waals surface area (Å²) in [6.45, 7) is 0. The van der Waals surface area contributed by atoms with Gasteiger partial charge in [-0.05, 0) is 40.2 Å². The molecule has 0 spiro atoms. The molecule has 0 aliphatic carbocycles. The molecule has 0 radical (unpaired) electrons. The fourth-order valence-electron chi connectivity index (χ4n) is 1.96. The number of para-hydroxylation sites is 1. The standard InChI is InChI=1S/C14H13BrClFN/c1-18(2,10-6-4-3-5-7-10)14-12(16)9-8-11(15)13(14)17/h3-9H,1-2H3/q+1. The van der Waals surface area contributed by atoms with Crippen LogP contribution >= 0.6 is 27.5 Å². The Morgan fingerprint density at radius 3 is 2.28 bits per heavy atom. The van der Waals surface area contributed by atoms with Gasteiger partial charge >= 0.3 is 0 Å². The number of hydrogen-bond donors (Lipinski definition) is 0.